The molecule has 1 aromatic rings. The first kappa shape index (κ1) is 9.71. The van der Waals surface area contributed by atoms with Crippen molar-refractivity contribution in [3.8, 4) is 0 Å². The van der Waals surface area contributed by atoms with Crippen LogP contribution in [0.5, 0.6) is 0 Å². The molecule has 0 amide bonds. The molecule has 0 spiro atoms. The molecule has 0 saturated heterocycles. The molecule has 3 nitrogen and oxygen atoms in total. The second-order valence-electron chi connectivity index (χ2n) is 3.04. The van der Waals surface area contributed by atoms with E-state index in [4.69, 9.17) is 0 Å². The first-order chi connectivity index (χ1) is 6.22. The average molecular weight is 177 g/mol. The van der Waals surface area contributed by atoms with E-state index in [0.29, 0.717) is 5.95 Å². The highest BCUT2D eigenvalue weighted by Crippen LogP contribution is 2.01. The fourth-order valence-corrected chi connectivity index (χ4v) is 0.813. The van der Waals surface area contributed by atoms with Gasteiger partial charge in [-0.1, -0.05) is 19.1 Å². The minimum absolute atomic E-state index is 0.667. The van der Waals surface area contributed by atoms with Crippen LogP contribution in [0.4, 0.5) is 5.95 Å². The molecule has 0 saturated carbocycles. The molecule has 0 radical (unpaired) electrons. The third-order valence-electron chi connectivity index (χ3n) is 1.78. The Morgan fingerprint density at radius 1 is 1.46 bits per heavy atom. The Morgan fingerprint density at radius 3 is 2.62 bits per heavy atom. The monoisotopic (exact) mass is 177 g/mol. The molecule has 0 aromatic carbocycles. The summed E-state index contributed by atoms with van der Waals surface area (Å²) in [6.07, 6.45) is 4.58. The summed E-state index contributed by atoms with van der Waals surface area (Å²) in [6.45, 7) is 8.69. The topological polar surface area (TPSA) is 37.8 Å². The highest BCUT2D eigenvalue weighted by molar-refractivity contribution is 5.26. The van der Waals surface area contributed by atoms with Crippen LogP contribution in [0.25, 0.3) is 0 Å². The zero-order valence-corrected chi connectivity index (χ0v) is 8.17. The molecule has 1 N–H and O–H groups in total. The van der Waals surface area contributed by atoms with Gasteiger partial charge in [0.25, 0.3) is 0 Å². The van der Waals surface area contributed by atoms with E-state index < -0.39 is 0 Å². The number of hydrogen-bond donors (Lipinski definition) is 1. The third-order valence-corrected chi connectivity index (χ3v) is 1.78. The fraction of sp³-hybridized carbons (Fsp3) is 0.400. The SMILES string of the molecule is C=C(CC)CNc1ncc(C)cn1. The van der Waals surface area contributed by atoms with Gasteiger partial charge in [-0.25, -0.2) is 9.97 Å². The van der Waals surface area contributed by atoms with Gasteiger partial charge < -0.3 is 5.32 Å². The van der Waals surface area contributed by atoms with E-state index in [1.165, 1.54) is 0 Å². The van der Waals surface area contributed by atoms with Crippen LogP contribution in [-0.4, -0.2) is 16.5 Å². The standard InChI is InChI=1S/C10H15N3/c1-4-8(2)5-11-10-12-6-9(3)7-13-10/h6-7H,2,4-5H2,1,3H3,(H,11,12,13). The molecule has 1 heterocycles. The zero-order chi connectivity index (χ0) is 9.68. The highest BCUT2D eigenvalue weighted by Gasteiger charge is 1.94. The van der Waals surface area contributed by atoms with Crippen LogP contribution in [0, 0.1) is 6.92 Å². The van der Waals surface area contributed by atoms with Crippen molar-refractivity contribution in [1.29, 1.82) is 0 Å². The number of nitrogens with zero attached hydrogens (tertiary/aromatic N) is 2. The summed E-state index contributed by atoms with van der Waals surface area (Å²) in [4.78, 5) is 8.24. The summed E-state index contributed by atoms with van der Waals surface area (Å²) in [5.41, 5.74) is 2.23. The van der Waals surface area contributed by atoms with E-state index in [-0.39, 0.29) is 0 Å². The molecule has 0 atom stereocenters. The summed E-state index contributed by atoms with van der Waals surface area (Å²) >= 11 is 0. The Balaban J connectivity index is 2.46. The van der Waals surface area contributed by atoms with Crippen molar-refractivity contribution < 1.29 is 0 Å². The van der Waals surface area contributed by atoms with Crippen LogP contribution in [0.15, 0.2) is 24.5 Å². The van der Waals surface area contributed by atoms with Crippen molar-refractivity contribution in [3.63, 3.8) is 0 Å². The number of aromatic nitrogens is 2. The molecular formula is C10H15N3. The predicted octanol–water partition coefficient (Wildman–Crippen LogP) is 2.16. The summed E-state index contributed by atoms with van der Waals surface area (Å²) in [6, 6.07) is 0. The van der Waals surface area contributed by atoms with Crippen LogP contribution in [0.2, 0.25) is 0 Å². The van der Waals surface area contributed by atoms with E-state index in [2.05, 4.69) is 28.8 Å². The molecule has 13 heavy (non-hydrogen) atoms. The third kappa shape index (κ3) is 3.23. The largest absolute Gasteiger partial charge is 0.350 e. The smallest absolute Gasteiger partial charge is 0.222 e. The summed E-state index contributed by atoms with van der Waals surface area (Å²) < 4.78 is 0. The Hall–Kier alpha value is -1.38. The van der Waals surface area contributed by atoms with Crippen LogP contribution in [-0.2, 0) is 0 Å². The highest BCUT2D eigenvalue weighted by atomic mass is 15.1. The normalized spacial score (nSPS) is 9.69. The van der Waals surface area contributed by atoms with Gasteiger partial charge in [-0.05, 0) is 18.9 Å². The van der Waals surface area contributed by atoms with E-state index in [1.54, 1.807) is 12.4 Å². The number of nitrogens with one attached hydrogen (secondary N) is 1. The van der Waals surface area contributed by atoms with E-state index in [9.17, 15) is 0 Å². The number of hydrogen-bond acceptors (Lipinski definition) is 3. The second kappa shape index (κ2) is 4.60. The minimum Gasteiger partial charge on any atom is -0.350 e. The van der Waals surface area contributed by atoms with Crippen molar-refractivity contribution in [2.24, 2.45) is 0 Å². The van der Waals surface area contributed by atoms with E-state index in [1.807, 2.05) is 6.92 Å². The van der Waals surface area contributed by atoms with E-state index >= 15 is 0 Å². The summed E-state index contributed by atoms with van der Waals surface area (Å²) in [5, 5.41) is 3.10. The molecule has 0 aliphatic heterocycles. The zero-order valence-electron chi connectivity index (χ0n) is 8.17. The first-order valence-electron chi connectivity index (χ1n) is 4.41. The van der Waals surface area contributed by atoms with Gasteiger partial charge in [0, 0.05) is 18.9 Å². The van der Waals surface area contributed by atoms with Crippen LogP contribution in [0.3, 0.4) is 0 Å². The van der Waals surface area contributed by atoms with Crippen molar-refractivity contribution in [1.82, 2.24) is 9.97 Å². The van der Waals surface area contributed by atoms with Crippen molar-refractivity contribution >= 4 is 5.95 Å². The molecule has 0 fully saturated rings. The molecule has 1 aromatic heterocycles. The lowest BCUT2D eigenvalue weighted by Crippen LogP contribution is -2.06. The maximum absolute atomic E-state index is 4.12. The molecule has 70 valence electrons. The second-order valence-corrected chi connectivity index (χ2v) is 3.04. The van der Waals surface area contributed by atoms with E-state index in [0.717, 1.165) is 24.1 Å². The maximum Gasteiger partial charge on any atom is 0.222 e. The lowest BCUT2D eigenvalue weighted by molar-refractivity contribution is 1.01. The Kier molecular flexibility index (Phi) is 3.43. The van der Waals surface area contributed by atoms with Crippen LogP contribution in [0.1, 0.15) is 18.9 Å². The van der Waals surface area contributed by atoms with Gasteiger partial charge in [0.15, 0.2) is 0 Å². The van der Waals surface area contributed by atoms with Gasteiger partial charge in [0.05, 0.1) is 0 Å². The fourth-order valence-electron chi connectivity index (χ4n) is 0.813. The van der Waals surface area contributed by atoms with Gasteiger partial charge in [-0.2, -0.15) is 0 Å². The minimum atomic E-state index is 0.667. The summed E-state index contributed by atoms with van der Waals surface area (Å²) in [5.74, 6) is 0.667. The van der Waals surface area contributed by atoms with Gasteiger partial charge in [0.2, 0.25) is 5.95 Å². The van der Waals surface area contributed by atoms with Crippen molar-refractivity contribution in [2.45, 2.75) is 20.3 Å². The molecule has 3 heteroatoms. The Bertz CT molecular complexity index is 277. The van der Waals surface area contributed by atoms with Crippen LogP contribution >= 0.6 is 0 Å². The molecule has 0 aliphatic rings. The van der Waals surface area contributed by atoms with Crippen molar-refractivity contribution in [3.05, 3.63) is 30.1 Å². The predicted molar refractivity (Wildman–Crippen MR) is 54.7 cm³/mol. The molecule has 1 rings (SSSR count). The Labute approximate surface area is 78.9 Å². The first-order valence-corrected chi connectivity index (χ1v) is 4.41. The molecule has 0 aliphatic carbocycles. The molecule has 0 bridgehead atoms. The summed E-state index contributed by atoms with van der Waals surface area (Å²) in [7, 11) is 0. The van der Waals surface area contributed by atoms with Gasteiger partial charge >= 0.3 is 0 Å². The number of rotatable bonds is 4. The maximum atomic E-state index is 4.12. The van der Waals surface area contributed by atoms with Gasteiger partial charge in [-0.15, -0.1) is 0 Å². The van der Waals surface area contributed by atoms with Crippen LogP contribution < -0.4 is 5.32 Å². The average Bonchev–Trinajstić information content (AvgIpc) is 2.16. The van der Waals surface area contributed by atoms with Crippen molar-refractivity contribution in [2.75, 3.05) is 11.9 Å². The Morgan fingerprint density at radius 2 is 2.08 bits per heavy atom. The molecule has 0 unspecified atom stereocenters. The quantitative estimate of drug-likeness (QED) is 0.716. The number of aryl methyl sites for hydroxylation is 1. The lowest BCUT2D eigenvalue weighted by atomic mass is 10.2. The molecular weight excluding hydrogens is 162 g/mol. The number of anilines is 1. The van der Waals surface area contributed by atoms with Gasteiger partial charge in [-0.3, -0.25) is 0 Å². The van der Waals surface area contributed by atoms with Gasteiger partial charge in [0.1, 0.15) is 0 Å². The lowest BCUT2D eigenvalue weighted by Gasteiger charge is -2.04.